The van der Waals surface area contributed by atoms with Crippen LogP contribution in [0.3, 0.4) is 0 Å². The summed E-state index contributed by atoms with van der Waals surface area (Å²) < 4.78 is 82.8. The number of rotatable bonds is 0. The van der Waals surface area contributed by atoms with Crippen LogP contribution in [0.25, 0.3) is 0 Å². The van der Waals surface area contributed by atoms with Crippen LogP contribution >= 0.6 is 0 Å². The molecule has 170 valence electrons. The van der Waals surface area contributed by atoms with E-state index in [0.29, 0.717) is 12.8 Å². The molecule has 0 saturated heterocycles. The lowest BCUT2D eigenvalue weighted by Crippen LogP contribution is -2.61. The summed E-state index contributed by atoms with van der Waals surface area (Å²) in [6.45, 7) is 5.09. The number of halogens is 6. The van der Waals surface area contributed by atoms with Crippen molar-refractivity contribution >= 4 is 5.78 Å². The minimum absolute atomic E-state index is 0.0786. The van der Waals surface area contributed by atoms with Crippen LogP contribution in [-0.4, -0.2) is 28.8 Å². The van der Waals surface area contributed by atoms with Gasteiger partial charge in [-0.3, -0.25) is 4.79 Å². The minimum atomic E-state index is -4.74. The van der Waals surface area contributed by atoms with Crippen LogP contribution < -0.4 is 0 Å². The third-order valence-electron chi connectivity index (χ3n) is 9.38. The van der Waals surface area contributed by atoms with Crippen molar-refractivity contribution in [2.24, 2.45) is 34.5 Å². The fraction of sp³-hybridized carbons (Fsp3) is 0.864. The zero-order chi connectivity index (χ0) is 22.5. The Balaban J connectivity index is 1.79. The number of Topliss-reactive ketones (excluding diaryl/α,β-unsaturated/α-hetero) is 1. The molecule has 0 aromatic rings. The van der Waals surface area contributed by atoms with Gasteiger partial charge in [0.05, 0.1) is 5.57 Å². The van der Waals surface area contributed by atoms with Crippen LogP contribution in [0.15, 0.2) is 11.1 Å². The van der Waals surface area contributed by atoms with E-state index in [1.54, 1.807) is 13.8 Å². The van der Waals surface area contributed by atoms with Gasteiger partial charge in [0.15, 0.2) is 11.4 Å². The van der Waals surface area contributed by atoms with Gasteiger partial charge in [0.25, 0.3) is 0 Å². The van der Waals surface area contributed by atoms with E-state index in [1.165, 1.54) is 6.92 Å². The summed E-state index contributed by atoms with van der Waals surface area (Å²) in [4.78, 5) is 12.2. The monoisotopic (exact) mass is 438 g/mol. The van der Waals surface area contributed by atoms with E-state index in [1.807, 2.05) is 0 Å². The van der Waals surface area contributed by atoms with E-state index in [9.17, 15) is 36.2 Å². The Hall–Kier alpha value is -1.05. The summed E-state index contributed by atoms with van der Waals surface area (Å²) >= 11 is 0. The Morgan fingerprint density at radius 1 is 0.967 bits per heavy atom. The van der Waals surface area contributed by atoms with Gasteiger partial charge < -0.3 is 5.11 Å². The second kappa shape index (κ2) is 6.26. The molecule has 4 unspecified atom stereocenters. The lowest BCUT2D eigenvalue weighted by atomic mass is 9.44. The van der Waals surface area contributed by atoms with Gasteiger partial charge in [-0.15, -0.1) is 0 Å². The summed E-state index contributed by atoms with van der Waals surface area (Å²) in [5, 5.41) is 10.7. The van der Waals surface area contributed by atoms with Gasteiger partial charge in [-0.05, 0) is 73.2 Å². The van der Waals surface area contributed by atoms with E-state index in [-0.39, 0.29) is 55.4 Å². The molecule has 0 bridgehead atoms. The Labute approximate surface area is 172 Å². The van der Waals surface area contributed by atoms with Crippen molar-refractivity contribution in [2.75, 3.05) is 0 Å². The van der Waals surface area contributed by atoms with Crippen LogP contribution in [0.4, 0.5) is 26.3 Å². The average molecular weight is 438 g/mol. The van der Waals surface area contributed by atoms with Crippen LogP contribution in [0.5, 0.6) is 0 Å². The van der Waals surface area contributed by atoms with Gasteiger partial charge in [0, 0.05) is 11.8 Å². The van der Waals surface area contributed by atoms with Crippen LogP contribution in [0.1, 0.15) is 65.7 Å². The van der Waals surface area contributed by atoms with Crippen molar-refractivity contribution in [3.63, 3.8) is 0 Å². The van der Waals surface area contributed by atoms with Gasteiger partial charge in [-0.1, -0.05) is 20.8 Å². The molecule has 2 nitrogen and oxygen atoms in total. The molecule has 0 radical (unpaired) electrons. The molecule has 4 rings (SSSR count). The number of allylic oxidation sites excluding steroid dienone is 1. The number of ketones is 1. The van der Waals surface area contributed by atoms with Gasteiger partial charge in [0.2, 0.25) is 0 Å². The van der Waals surface area contributed by atoms with Crippen molar-refractivity contribution in [3.8, 4) is 0 Å². The van der Waals surface area contributed by atoms with Crippen molar-refractivity contribution < 1.29 is 36.2 Å². The molecule has 3 fully saturated rings. The van der Waals surface area contributed by atoms with Gasteiger partial charge in [-0.2, -0.15) is 26.3 Å². The van der Waals surface area contributed by atoms with E-state index in [0.717, 1.165) is 0 Å². The summed E-state index contributed by atoms with van der Waals surface area (Å²) in [5.41, 5.74) is -5.79. The van der Waals surface area contributed by atoms with Gasteiger partial charge >= 0.3 is 12.4 Å². The highest BCUT2D eigenvalue weighted by Crippen LogP contribution is 2.71. The summed E-state index contributed by atoms with van der Waals surface area (Å²) in [6, 6.07) is 0. The zero-order valence-electron chi connectivity index (χ0n) is 17.4. The second-order valence-corrected chi connectivity index (χ2v) is 10.5. The summed E-state index contributed by atoms with van der Waals surface area (Å²) in [6.07, 6.45) is -8.93. The second-order valence-electron chi connectivity index (χ2n) is 10.5. The van der Waals surface area contributed by atoms with Crippen molar-refractivity contribution in [1.29, 1.82) is 0 Å². The summed E-state index contributed by atoms with van der Waals surface area (Å²) in [7, 11) is 0. The van der Waals surface area contributed by atoms with Crippen LogP contribution in [0.2, 0.25) is 0 Å². The number of carbonyl (C=O) groups excluding carboxylic acids is 1. The largest absolute Gasteiger partial charge is 0.419 e. The van der Waals surface area contributed by atoms with E-state index >= 15 is 0 Å². The Morgan fingerprint density at radius 2 is 1.57 bits per heavy atom. The average Bonchev–Trinajstić information content (AvgIpc) is 2.88. The first-order valence-corrected chi connectivity index (χ1v) is 10.7. The standard InChI is InChI=1S/C22H28F6O2/c1-11-10-14-17(21(23,24)25)15(29)6-7-18(14,2)12-4-8-19(3)13(16(11)12)5-9-20(19,30)22(26,27)28/h11-13,16,30H,4-10H2,1-3H3/t11?,12?,13?,16?,18-,19+,20+/m1/s1. The number of fused-ring (bicyclic) bond motifs is 5. The van der Waals surface area contributed by atoms with Crippen molar-refractivity contribution in [1.82, 2.24) is 0 Å². The molecule has 30 heavy (non-hydrogen) atoms. The quantitative estimate of drug-likeness (QED) is 0.472. The van der Waals surface area contributed by atoms with Crippen molar-refractivity contribution in [3.05, 3.63) is 11.1 Å². The van der Waals surface area contributed by atoms with E-state index < -0.39 is 46.1 Å². The molecule has 4 aliphatic rings. The molecule has 0 aromatic carbocycles. The number of alkyl halides is 6. The van der Waals surface area contributed by atoms with E-state index in [2.05, 4.69) is 0 Å². The third-order valence-corrected chi connectivity index (χ3v) is 9.38. The molecule has 7 atom stereocenters. The molecular formula is C22H28F6O2. The number of hydrogen-bond donors (Lipinski definition) is 1. The third kappa shape index (κ3) is 2.64. The number of hydrogen-bond acceptors (Lipinski definition) is 2. The molecule has 4 aliphatic carbocycles. The zero-order valence-corrected chi connectivity index (χ0v) is 17.4. The maximum Gasteiger partial charge on any atom is 0.419 e. The fourth-order valence-electron chi connectivity index (χ4n) is 7.85. The first kappa shape index (κ1) is 22.2. The predicted molar refractivity (Wildman–Crippen MR) is 97.3 cm³/mol. The Kier molecular flexibility index (Phi) is 4.62. The Bertz CT molecular complexity index is 798. The van der Waals surface area contributed by atoms with E-state index in [4.69, 9.17) is 0 Å². The number of carbonyl (C=O) groups is 1. The SMILES string of the molecule is CC1CC2=C(C(F)(F)F)C(=O)CC[C@]2(C)C2CC[C@@]3(C)C(CC[C@@]3(O)C(F)(F)F)C12. The Morgan fingerprint density at radius 3 is 2.13 bits per heavy atom. The predicted octanol–water partition coefficient (Wildman–Crippen LogP) is 5.99. The topological polar surface area (TPSA) is 37.3 Å². The van der Waals surface area contributed by atoms with Crippen molar-refractivity contribution in [2.45, 2.75) is 83.7 Å². The van der Waals surface area contributed by atoms with Gasteiger partial charge in [-0.25, -0.2) is 0 Å². The fourth-order valence-corrected chi connectivity index (χ4v) is 7.85. The lowest BCUT2D eigenvalue weighted by molar-refractivity contribution is -0.304. The molecule has 3 saturated carbocycles. The van der Waals surface area contributed by atoms with Crippen LogP contribution in [0, 0.1) is 34.5 Å². The minimum Gasteiger partial charge on any atom is -0.380 e. The molecule has 0 amide bonds. The molecular weight excluding hydrogens is 410 g/mol. The first-order valence-electron chi connectivity index (χ1n) is 10.7. The highest BCUT2D eigenvalue weighted by molar-refractivity contribution is 5.98. The van der Waals surface area contributed by atoms with Gasteiger partial charge in [0.1, 0.15) is 0 Å². The lowest BCUT2D eigenvalue weighted by Gasteiger charge is -2.61. The summed E-state index contributed by atoms with van der Waals surface area (Å²) in [5.74, 6) is -1.95. The highest BCUT2D eigenvalue weighted by Gasteiger charge is 2.73. The normalized spacial score (nSPS) is 47.1. The molecule has 0 heterocycles. The number of aliphatic hydroxyl groups is 1. The van der Waals surface area contributed by atoms with Crippen LogP contribution in [-0.2, 0) is 4.79 Å². The molecule has 1 N–H and O–H groups in total. The smallest absolute Gasteiger partial charge is 0.380 e. The molecule has 0 spiro atoms. The molecule has 0 aromatic heterocycles. The highest BCUT2D eigenvalue weighted by atomic mass is 19.4. The molecule has 0 aliphatic heterocycles. The molecule has 8 heteroatoms. The first-order chi connectivity index (χ1) is 13.6. The maximum atomic E-state index is 13.8. The maximum absolute atomic E-state index is 13.8.